The van der Waals surface area contributed by atoms with Gasteiger partial charge in [0.25, 0.3) is 7.82 Å². The van der Waals surface area contributed by atoms with E-state index in [4.69, 9.17) is 0 Å². The number of hydrogen-bond donors (Lipinski definition) is 0. The first-order valence-corrected chi connectivity index (χ1v) is 5.18. The van der Waals surface area contributed by atoms with Crippen LogP contribution in [-0.2, 0) is 30.4 Å². The molecule has 0 aliphatic carbocycles. The molecule has 0 aliphatic heterocycles. The summed E-state index contributed by atoms with van der Waals surface area (Å²) in [6.45, 7) is 4.06. The maximum Gasteiger partial charge on any atom is 1.00 e. The van der Waals surface area contributed by atoms with Crippen molar-refractivity contribution >= 4 is 7.82 Å². The van der Waals surface area contributed by atoms with Gasteiger partial charge in [-0.15, -0.1) is 0 Å². The van der Waals surface area contributed by atoms with Crippen molar-refractivity contribution in [2.45, 2.75) is 26.7 Å². The SMILES string of the molecule is CCCOP(=O)([O-])OCCC.[Co+]. The van der Waals surface area contributed by atoms with Crippen LogP contribution in [0, 0.1) is 0 Å². The van der Waals surface area contributed by atoms with Gasteiger partial charge in [-0.05, 0) is 12.8 Å². The fraction of sp³-hybridized carbons (Fsp3) is 1.00. The summed E-state index contributed by atoms with van der Waals surface area (Å²) in [5.74, 6) is 0. The predicted octanol–water partition coefficient (Wildman–Crippen LogP) is 1.31. The maximum atomic E-state index is 10.7. The molecule has 0 heterocycles. The first-order chi connectivity index (χ1) is 5.12. The fourth-order valence-electron chi connectivity index (χ4n) is 0.443. The standard InChI is InChI=1S/C6H15O4P.Co/c1-3-5-9-11(7,8)10-6-4-2;/h3-6H2,1-2H3,(H,7,8);/q;+1/p-1. The van der Waals surface area contributed by atoms with Gasteiger partial charge in [0, 0.05) is 0 Å². The summed E-state index contributed by atoms with van der Waals surface area (Å²) in [4.78, 5) is 10.7. The van der Waals surface area contributed by atoms with E-state index in [1.165, 1.54) is 0 Å². The molecule has 0 spiro atoms. The minimum atomic E-state index is -3.98. The molecule has 0 saturated carbocycles. The molecule has 0 radical (unpaired) electrons. The average Bonchev–Trinajstić information content (AvgIpc) is 1.97. The third kappa shape index (κ3) is 8.71. The van der Waals surface area contributed by atoms with Crippen LogP contribution in [0.1, 0.15) is 26.7 Å². The molecule has 0 aromatic heterocycles. The zero-order valence-electron chi connectivity index (χ0n) is 7.24. The Morgan fingerprint density at radius 2 is 1.50 bits per heavy atom. The van der Waals surface area contributed by atoms with Crippen LogP contribution >= 0.6 is 7.82 Å². The Morgan fingerprint density at radius 3 is 1.75 bits per heavy atom. The van der Waals surface area contributed by atoms with E-state index < -0.39 is 7.82 Å². The third-order valence-electron chi connectivity index (χ3n) is 0.907. The Balaban J connectivity index is 0. The van der Waals surface area contributed by atoms with E-state index in [1.807, 2.05) is 13.8 Å². The number of rotatable bonds is 6. The van der Waals surface area contributed by atoms with Gasteiger partial charge in [0.05, 0.1) is 13.2 Å². The molecule has 0 fully saturated rings. The molecule has 0 aromatic rings. The molecule has 0 unspecified atom stereocenters. The van der Waals surface area contributed by atoms with Crippen LogP contribution in [0.5, 0.6) is 0 Å². The Kier molecular flexibility index (Phi) is 10.4. The first-order valence-electron chi connectivity index (χ1n) is 3.72. The van der Waals surface area contributed by atoms with Crippen molar-refractivity contribution in [2.75, 3.05) is 13.2 Å². The van der Waals surface area contributed by atoms with Gasteiger partial charge in [-0.1, -0.05) is 13.8 Å². The third-order valence-corrected chi connectivity index (χ3v) is 1.90. The summed E-state index contributed by atoms with van der Waals surface area (Å²) >= 11 is 0. The zero-order chi connectivity index (χ0) is 8.74. The normalized spacial score (nSPS) is 10.9. The van der Waals surface area contributed by atoms with Gasteiger partial charge in [0.2, 0.25) is 0 Å². The summed E-state index contributed by atoms with van der Waals surface area (Å²) in [5, 5.41) is 0. The van der Waals surface area contributed by atoms with Crippen LogP contribution in [-0.4, -0.2) is 13.2 Å². The number of hydrogen-bond acceptors (Lipinski definition) is 4. The van der Waals surface area contributed by atoms with Crippen molar-refractivity contribution in [3.63, 3.8) is 0 Å². The van der Waals surface area contributed by atoms with Gasteiger partial charge in [-0.3, -0.25) is 4.57 Å². The summed E-state index contributed by atoms with van der Waals surface area (Å²) in [6.07, 6.45) is 1.34. The van der Waals surface area contributed by atoms with Crippen molar-refractivity contribution < 1.29 is 35.3 Å². The Morgan fingerprint density at radius 1 is 1.17 bits per heavy atom. The summed E-state index contributed by atoms with van der Waals surface area (Å²) in [7, 11) is -3.98. The van der Waals surface area contributed by atoms with Crippen LogP contribution in [0.3, 0.4) is 0 Å². The molecule has 0 rings (SSSR count). The van der Waals surface area contributed by atoms with Crippen molar-refractivity contribution in [3.05, 3.63) is 0 Å². The molecule has 0 N–H and O–H groups in total. The number of phosphoric ester groups is 1. The quantitative estimate of drug-likeness (QED) is 0.656. The predicted molar refractivity (Wildman–Crippen MR) is 40.1 cm³/mol. The second-order valence-corrected chi connectivity index (χ2v) is 3.52. The van der Waals surface area contributed by atoms with E-state index in [2.05, 4.69) is 9.05 Å². The second kappa shape index (κ2) is 8.23. The second-order valence-electron chi connectivity index (χ2n) is 2.11. The van der Waals surface area contributed by atoms with Gasteiger partial charge < -0.3 is 13.9 Å². The molecule has 0 amide bonds. The molecule has 0 bridgehead atoms. The summed E-state index contributed by atoms with van der Waals surface area (Å²) < 4.78 is 19.6. The van der Waals surface area contributed by atoms with Crippen LogP contribution in [0.4, 0.5) is 0 Å². The van der Waals surface area contributed by atoms with Gasteiger partial charge >= 0.3 is 16.8 Å². The Bertz CT molecular complexity index is 130. The molecule has 6 heteroatoms. The molecular weight excluding hydrogens is 226 g/mol. The van der Waals surface area contributed by atoms with E-state index in [9.17, 15) is 9.46 Å². The van der Waals surface area contributed by atoms with Gasteiger partial charge in [-0.25, -0.2) is 0 Å². The molecule has 0 saturated heterocycles. The molecule has 0 aliphatic rings. The molecular formula is C6H14CoO4P. The molecule has 12 heavy (non-hydrogen) atoms. The largest absolute Gasteiger partial charge is 1.00 e. The fourth-order valence-corrected chi connectivity index (χ4v) is 1.33. The van der Waals surface area contributed by atoms with E-state index in [0.717, 1.165) is 0 Å². The monoisotopic (exact) mass is 240 g/mol. The Labute approximate surface area is 83.5 Å². The molecule has 0 aromatic carbocycles. The van der Waals surface area contributed by atoms with Crippen LogP contribution in [0.2, 0.25) is 0 Å². The minimum Gasteiger partial charge on any atom is -0.756 e. The van der Waals surface area contributed by atoms with Gasteiger partial charge in [0.1, 0.15) is 0 Å². The topological polar surface area (TPSA) is 58.6 Å². The van der Waals surface area contributed by atoms with Crippen molar-refractivity contribution in [1.82, 2.24) is 0 Å². The van der Waals surface area contributed by atoms with E-state index >= 15 is 0 Å². The summed E-state index contributed by atoms with van der Waals surface area (Å²) in [6, 6.07) is 0. The van der Waals surface area contributed by atoms with E-state index in [1.54, 1.807) is 0 Å². The van der Waals surface area contributed by atoms with Crippen LogP contribution in [0.15, 0.2) is 0 Å². The molecule has 76 valence electrons. The smallest absolute Gasteiger partial charge is 0.756 e. The van der Waals surface area contributed by atoms with Gasteiger partial charge in [-0.2, -0.15) is 0 Å². The average molecular weight is 240 g/mol. The van der Waals surface area contributed by atoms with Crippen molar-refractivity contribution in [1.29, 1.82) is 0 Å². The molecule has 0 atom stereocenters. The van der Waals surface area contributed by atoms with Crippen LogP contribution < -0.4 is 4.89 Å². The van der Waals surface area contributed by atoms with Crippen LogP contribution in [0.25, 0.3) is 0 Å². The van der Waals surface area contributed by atoms with E-state index in [0.29, 0.717) is 12.8 Å². The first kappa shape index (κ1) is 15.1. The number of phosphoric acid groups is 1. The van der Waals surface area contributed by atoms with Gasteiger partial charge in [0.15, 0.2) is 0 Å². The molecule has 4 nitrogen and oxygen atoms in total. The maximum absolute atomic E-state index is 10.7. The van der Waals surface area contributed by atoms with E-state index in [-0.39, 0.29) is 30.0 Å². The summed E-state index contributed by atoms with van der Waals surface area (Å²) in [5.41, 5.74) is 0. The van der Waals surface area contributed by atoms with Crippen molar-refractivity contribution in [3.8, 4) is 0 Å². The minimum absolute atomic E-state index is 0. The van der Waals surface area contributed by atoms with Crippen molar-refractivity contribution in [2.24, 2.45) is 0 Å². The zero-order valence-corrected chi connectivity index (χ0v) is 9.18. The Hall–Kier alpha value is 0.616.